The van der Waals surface area contributed by atoms with Crippen LogP contribution in [0.1, 0.15) is 18.1 Å². The van der Waals surface area contributed by atoms with Crippen molar-refractivity contribution in [2.45, 2.75) is 19.6 Å². The van der Waals surface area contributed by atoms with Gasteiger partial charge in [-0.25, -0.2) is 4.98 Å². The Morgan fingerprint density at radius 2 is 2.12 bits per heavy atom. The zero-order valence-corrected chi connectivity index (χ0v) is 14.3. The average Bonchev–Trinajstić information content (AvgIpc) is 3.16. The van der Waals surface area contributed by atoms with Crippen molar-refractivity contribution in [1.82, 2.24) is 9.55 Å². The second-order valence-corrected chi connectivity index (χ2v) is 5.82. The third-order valence-electron chi connectivity index (χ3n) is 3.79. The van der Waals surface area contributed by atoms with Crippen LogP contribution in [0.2, 0.25) is 0 Å². The van der Waals surface area contributed by atoms with E-state index in [9.17, 15) is 4.79 Å². The normalized spacial score (nSPS) is 11.4. The number of benzene rings is 2. The maximum Gasteiger partial charge on any atom is 0.265 e. The lowest BCUT2D eigenvalue weighted by Crippen LogP contribution is -2.30. The number of nitriles is 1. The van der Waals surface area contributed by atoms with Gasteiger partial charge in [0.25, 0.3) is 5.91 Å². The van der Waals surface area contributed by atoms with Crippen molar-refractivity contribution in [1.29, 1.82) is 5.26 Å². The second kappa shape index (κ2) is 7.99. The Morgan fingerprint density at radius 1 is 1.31 bits per heavy atom. The van der Waals surface area contributed by atoms with Gasteiger partial charge in [0.2, 0.25) is 0 Å². The Balaban J connectivity index is 1.57. The lowest BCUT2D eigenvalue weighted by molar-refractivity contribution is -0.122. The molecule has 1 unspecified atom stereocenters. The highest BCUT2D eigenvalue weighted by Gasteiger charge is 2.15. The first-order chi connectivity index (χ1) is 12.6. The van der Waals surface area contributed by atoms with Gasteiger partial charge < -0.3 is 14.6 Å². The molecule has 0 aliphatic heterocycles. The number of nitrogens with zero attached hydrogens (tertiary/aromatic N) is 3. The van der Waals surface area contributed by atoms with E-state index in [1.807, 2.05) is 41.1 Å². The van der Waals surface area contributed by atoms with E-state index < -0.39 is 6.10 Å². The molecule has 0 fully saturated rings. The molecule has 2 aromatic carbocycles. The van der Waals surface area contributed by atoms with Gasteiger partial charge in [-0.2, -0.15) is 5.26 Å². The molecule has 0 aliphatic rings. The molecule has 1 amide bonds. The minimum Gasteiger partial charge on any atom is -0.481 e. The standard InChI is InChI=1S/C20H18N4O2/c1-15(26-19-4-2-3-17(11-19)12-21)20(25)23-18-7-5-16(6-8-18)13-24-10-9-22-14-24/h2-11,14-15H,13H2,1H3,(H,23,25). The Morgan fingerprint density at radius 3 is 2.81 bits per heavy atom. The number of carbonyl (C=O) groups excluding carboxylic acids is 1. The summed E-state index contributed by atoms with van der Waals surface area (Å²) in [7, 11) is 0. The lowest BCUT2D eigenvalue weighted by atomic mass is 10.2. The Hall–Kier alpha value is -3.59. The molecule has 1 atom stereocenters. The number of carbonyl (C=O) groups is 1. The number of hydrogen-bond donors (Lipinski definition) is 1. The first kappa shape index (κ1) is 17.2. The Bertz CT molecular complexity index is 912. The number of hydrogen-bond acceptors (Lipinski definition) is 4. The Labute approximate surface area is 151 Å². The third-order valence-corrected chi connectivity index (χ3v) is 3.79. The van der Waals surface area contributed by atoms with Crippen molar-refractivity contribution in [3.05, 3.63) is 78.4 Å². The van der Waals surface area contributed by atoms with Crippen molar-refractivity contribution >= 4 is 11.6 Å². The molecule has 1 aromatic heterocycles. The van der Waals surface area contributed by atoms with Crippen LogP contribution >= 0.6 is 0 Å². The van der Waals surface area contributed by atoms with Crippen LogP contribution in [-0.2, 0) is 11.3 Å². The van der Waals surface area contributed by atoms with Gasteiger partial charge in [0, 0.05) is 24.6 Å². The lowest BCUT2D eigenvalue weighted by Gasteiger charge is -2.15. The van der Waals surface area contributed by atoms with Crippen LogP contribution in [0.3, 0.4) is 0 Å². The fourth-order valence-electron chi connectivity index (χ4n) is 2.43. The minimum absolute atomic E-state index is 0.255. The second-order valence-electron chi connectivity index (χ2n) is 5.82. The van der Waals surface area contributed by atoms with E-state index in [1.54, 1.807) is 43.7 Å². The van der Waals surface area contributed by atoms with E-state index in [0.29, 0.717) is 17.0 Å². The molecule has 130 valence electrons. The SMILES string of the molecule is CC(Oc1cccc(C#N)c1)C(=O)Nc1ccc(Cn2ccnc2)cc1. The highest BCUT2D eigenvalue weighted by atomic mass is 16.5. The van der Waals surface area contributed by atoms with Crippen molar-refractivity contribution in [3.63, 3.8) is 0 Å². The van der Waals surface area contributed by atoms with Gasteiger partial charge in [0.05, 0.1) is 18.0 Å². The van der Waals surface area contributed by atoms with E-state index in [4.69, 9.17) is 10.00 Å². The van der Waals surface area contributed by atoms with Crippen LogP contribution in [-0.4, -0.2) is 21.6 Å². The molecule has 3 rings (SSSR count). The van der Waals surface area contributed by atoms with Gasteiger partial charge in [-0.3, -0.25) is 4.79 Å². The number of amides is 1. The predicted molar refractivity (Wildman–Crippen MR) is 97.6 cm³/mol. The highest BCUT2D eigenvalue weighted by molar-refractivity contribution is 5.94. The molecule has 0 saturated carbocycles. The maximum absolute atomic E-state index is 12.3. The topological polar surface area (TPSA) is 79.9 Å². The van der Waals surface area contributed by atoms with Crippen molar-refractivity contribution < 1.29 is 9.53 Å². The van der Waals surface area contributed by atoms with Crippen molar-refractivity contribution in [3.8, 4) is 11.8 Å². The molecule has 1 N–H and O–H groups in total. The fourth-order valence-corrected chi connectivity index (χ4v) is 2.43. The summed E-state index contributed by atoms with van der Waals surface area (Å²) >= 11 is 0. The molecule has 3 aromatic rings. The predicted octanol–water partition coefficient (Wildman–Crippen LogP) is 3.21. The van der Waals surface area contributed by atoms with E-state index in [1.165, 1.54) is 0 Å². The zero-order chi connectivity index (χ0) is 18.4. The summed E-state index contributed by atoms with van der Waals surface area (Å²) < 4.78 is 7.58. The van der Waals surface area contributed by atoms with Gasteiger partial charge in [-0.05, 0) is 42.8 Å². The van der Waals surface area contributed by atoms with E-state index in [-0.39, 0.29) is 5.91 Å². The number of ether oxygens (including phenoxy) is 1. The molecular formula is C20H18N4O2. The molecule has 1 heterocycles. The molecule has 0 saturated heterocycles. The van der Waals surface area contributed by atoms with Crippen molar-refractivity contribution in [2.24, 2.45) is 0 Å². The maximum atomic E-state index is 12.3. The summed E-state index contributed by atoms with van der Waals surface area (Å²) in [6.07, 6.45) is 4.71. The summed E-state index contributed by atoms with van der Waals surface area (Å²) in [5.74, 6) is 0.233. The van der Waals surface area contributed by atoms with Crippen LogP contribution in [0, 0.1) is 11.3 Å². The Kier molecular flexibility index (Phi) is 5.30. The number of rotatable bonds is 6. The van der Waals surface area contributed by atoms with Crippen LogP contribution in [0.25, 0.3) is 0 Å². The van der Waals surface area contributed by atoms with E-state index in [0.717, 1.165) is 12.1 Å². The number of anilines is 1. The molecule has 0 radical (unpaired) electrons. The summed E-state index contributed by atoms with van der Waals surface area (Å²) in [4.78, 5) is 16.3. The molecular weight excluding hydrogens is 328 g/mol. The molecule has 6 heteroatoms. The number of imidazole rings is 1. The zero-order valence-electron chi connectivity index (χ0n) is 14.3. The van der Waals surface area contributed by atoms with Crippen LogP contribution < -0.4 is 10.1 Å². The number of aromatic nitrogens is 2. The van der Waals surface area contributed by atoms with Gasteiger partial charge in [0.15, 0.2) is 6.10 Å². The number of nitrogens with one attached hydrogen (secondary N) is 1. The minimum atomic E-state index is -0.686. The first-order valence-electron chi connectivity index (χ1n) is 8.16. The molecule has 0 spiro atoms. The molecule has 6 nitrogen and oxygen atoms in total. The first-order valence-corrected chi connectivity index (χ1v) is 8.16. The van der Waals surface area contributed by atoms with Crippen LogP contribution in [0.5, 0.6) is 5.75 Å². The molecule has 0 aliphatic carbocycles. The highest BCUT2D eigenvalue weighted by Crippen LogP contribution is 2.16. The summed E-state index contributed by atoms with van der Waals surface area (Å²) in [5.41, 5.74) is 2.30. The quantitative estimate of drug-likeness (QED) is 0.743. The van der Waals surface area contributed by atoms with E-state index >= 15 is 0 Å². The van der Waals surface area contributed by atoms with Crippen LogP contribution in [0.15, 0.2) is 67.3 Å². The summed E-state index contributed by atoms with van der Waals surface area (Å²) in [6, 6.07) is 16.4. The average molecular weight is 346 g/mol. The monoisotopic (exact) mass is 346 g/mol. The van der Waals surface area contributed by atoms with Gasteiger partial charge in [-0.1, -0.05) is 18.2 Å². The smallest absolute Gasteiger partial charge is 0.265 e. The van der Waals surface area contributed by atoms with Gasteiger partial charge >= 0.3 is 0 Å². The van der Waals surface area contributed by atoms with Gasteiger partial charge in [-0.15, -0.1) is 0 Å². The van der Waals surface area contributed by atoms with Crippen molar-refractivity contribution in [2.75, 3.05) is 5.32 Å². The van der Waals surface area contributed by atoms with Gasteiger partial charge in [0.1, 0.15) is 5.75 Å². The van der Waals surface area contributed by atoms with Crippen LogP contribution in [0.4, 0.5) is 5.69 Å². The van der Waals surface area contributed by atoms with E-state index in [2.05, 4.69) is 10.3 Å². The summed E-state index contributed by atoms with van der Waals surface area (Å²) in [6.45, 7) is 2.39. The fraction of sp³-hybridized carbons (Fsp3) is 0.150. The molecule has 26 heavy (non-hydrogen) atoms. The third kappa shape index (κ3) is 4.48. The summed E-state index contributed by atoms with van der Waals surface area (Å²) in [5, 5.41) is 11.7. The largest absolute Gasteiger partial charge is 0.481 e. The molecule has 0 bridgehead atoms.